The van der Waals surface area contributed by atoms with Gasteiger partial charge in [-0.2, -0.15) is 16.9 Å². The Morgan fingerprint density at radius 1 is 1.50 bits per heavy atom. The zero-order valence-electron chi connectivity index (χ0n) is 9.35. The quantitative estimate of drug-likeness (QED) is 0.784. The lowest BCUT2D eigenvalue weighted by Crippen LogP contribution is -2.27. The van der Waals surface area contributed by atoms with Crippen molar-refractivity contribution in [2.75, 3.05) is 12.0 Å². The summed E-state index contributed by atoms with van der Waals surface area (Å²) < 4.78 is 0. The summed E-state index contributed by atoms with van der Waals surface area (Å²) in [5.41, 5.74) is 3.58. The van der Waals surface area contributed by atoms with Crippen molar-refractivity contribution in [2.24, 2.45) is 0 Å². The lowest BCUT2D eigenvalue weighted by molar-refractivity contribution is 0.593. The number of thioether (sulfide) groups is 1. The van der Waals surface area contributed by atoms with Crippen molar-refractivity contribution in [1.82, 2.24) is 15.5 Å². The highest BCUT2D eigenvalue weighted by molar-refractivity contribution is 7.98. The maximum atomic E-state index is 4.17. The van der Waals surface area contributed by atoms with E-state index in [1.54, 1.807) is 0 Å². The number of H-pyrrole nitrogens is 1. The summed E-state index contributed by atoms with van der Waals surface area (Å²) in [4.78, 5) is 0. The van der Waals surface area contributed by atoms with E-state index in [0.29, 0.717) is 6.04 Å². The van der Waals surface area contributed by atoms with E-state index in [0.717, 1.165) is 18.0 Å². The van der Waals surface area contributed by atoms with Gasteiger partial charge in [0.2, 0.25) is 0 Å². The average molecular weight is 213 g/mol. The molecule has 0 saturated carbocycles. The van der Waals surface area contributed by atoms with Crippen molar-refractivity contribution < 1.29 is 0 Å². The predicted molar refractivity (Wildman–Crippen MR) is 62.7 cm³/mol. The molecule has 0 amide bonds. The first-order chi connectivity index (χ1) is 6.65. The Morgan fingerprint density at radius 2 is 2.21 bits per heavy atom. The summed E-state index contributed by atoms with van der Waals surface area (Å²) in [5, 5.41) is 10.7. The Morgan fingerprint density at radius 3 is 2.71 bits per heavy atom. The summed E-state index contributed by atoms with van der Waals surface area (Å²) in [6.45, 7) is 7.23. The minimum atomic E-state index is 0.554. The Kier molecular flexibility index (Phi) is 4.48. The molecule has 1 aromatic heterocycles. The van der Waals surface area contributed by atoms with E-state index in [4.69, 9.17) is 0 Å². The van der Waals surface area contributed by atoms with Crippen LogP contribution >= 0.6 is 11.8 Å². The molecule has 80 valence electrons. The molecule has 1 aromatic rings. The lowest BCUT2D eigenvalue weighted by Gasteiger charge is -2.12. The van der Waals surface area contributed by atoms with Crippen LogP contribution in [0.2, 0.25) is 0 Å². The normalized spacial score (nSPS) is 13.1. The standard InChI is InChI=1S/C10H19N3S/c1-7(6-14-4)11-5-10-8(2)12-13-9(10)3/h7,11H,5-6H2,1-4H3,(H,12,13). The SMILES string of the molecule is CSCC(C)NCc1c(C)n[nH]c1C. The molecular weight excluding hydrogens is 194 g/mol. The second-order valence-electron chi connectivity index (χ2n) is 3.65. The average Bonchev–Trinajstić information content (AvgIpc) is 2.44. The monoisotopic (exact) mass is 213 g/mol. The van der Waals surface area contributed by atoms with Crippen LogP contribution in [-0.4, -0.2) is 28.2 Å². The van der Waals surface area contributed by atoms with Crippen LogP contribution in [0, 0.1) is 13.8 Å². The fraction of sp³-hybridized carbons (Fsp3) is 0.700. The smallest absolute Gasteiger partial charge is 0.0638 e. The maximum absolute atomic E-state index is 4.17. The van der Waals surface area contributed by atoms with Crippen molar-refractivity contribution >= 4 is 11.8 Å². The van der Waals surface area contributed by atoms with E-state index >= 15 is 0 Å². The number of hydrogen-bond acceptors (Lipinski definition) is 3. The Bertz CT molecular complexity index is 263. The third kappa shape index (κ3) is 3.03. The van der Waals surface area contributed by atoms with Gasteiger partial charge in [-0.1, -0.05) is 0 Å². The Labute approximate surface area is 90.1 Å². The second-order valence-corrected chi connectivity index (χ2v) is 4.56. The van der Waals surface area contributed by atoms with Gasteiger partial charge >= 0.3 is 0 Å². The molecule has 1 atom stereocenters. The van der Waals surface area contributed by atoms with E-state index in [1.165, 1.54) is 11.3 Å². The molecule has 14 heavy (non-hydrogen) atoms. The van der Waals surface area contributed by atoms with Gasteiger partial charge in [-0.05, 0) is 27.0 Å². The van der Waals surface area contributed by atoms with E-state index in [-0.39, 0.29) is 0 Å². The van der Waals surface area contributed by atoms with Gasteiger partial charge in [-0.15, -0.1) is 0 Å². The molecule has 0 radical (unpaired) electrons. The molecule has 0 fully saturated rings. The highest BCUT2D eigenvalue weighted by atomic mass is 32.2. The van der Waals surface area contributed by atoms with Gasteiger partial charge in [0, 0.05) is 29.6 Å². The van der Waals surface area contributed by atoms with E-state index in [1.807, 2.05) is 18.7 Å². The fourth-order valence-electron chi connectivity index (χ4n) is 1.42. The molecule has 2 N–H and O–H groups in total. The van der Waals surface area contributed by atoms with Crippen LogP contribution in [0.3, 0.4) is 0 Å². The van der Waals surface area contributed by atoms with Crippen LogP contribution < -0.4 is 5.32 Å². The van der Waals surface area contributed by atoms with Gasteiger partial charge < -0.3 is 5.32 Å². The summed E-state index contributed by atoms with van der Waals surface area (Å²) in [7, 11) is 0. The topological polar surface area (TPSA) is 40.7 Å². The van der Waals surface area contributed by atoms with Crippen molar-refractivity contribution in [3.63, 3.8) is 0 Å². The number of aryl methyl sites for hydroxylation is 2. The van der Waals surface area contributed by atoms with Crippen LogP contribution in [0.5, 0.6) is 0 Å². The van der Waals surface area contributed by atoms with Crippen molar-refractivity contribution in [2.45, 2.75) is 33.4 Å². The van der Waals surface area contributed by atoms with Crippen LogP contribution in [0.15, 0.2) is 0 Å². The van der Waals surface area contributed by atoms with Gasteiger partial charge in [-0.3, -0.25) is 5.10 Å². The first-order valence-corrected chi connectivity index (χ1v) is 6.27. The van der Waals surface area contributed by atoms with E-state index in [2.05, 4.69) is 35.6 Å². The lowest BCUT2D eigenvalue weighted by atomic mass is 10.2. The number of rotatable bonds is 5. The van der Waals surface area contributed by atoms with Crippen LogP contribution in [0.1, 0.15) is 23.9 Å². The molecule has 1 heterocycles. The molecule has 1 rings (SSSR count). The molecule has 0 aliphatic rings. The molecule has 3 nitrogen and oxygen atoms in total. The van der Waals surface area contributed by atoms with Gasteiger partial charge in [-0.25, -0.2) is 0 Å². The zero-order valence-corrected chi connectivity index (χ0v) is 10.2. The molecule has 0 spiro atoms. The molecule has 0 bridgehead atoms. The third-order valence-electron chi connectivity index (χ3n) is 2.32. The number of hydrogen-bond donors (Lipinski definition) is 2. The molecular formula is C10H19N3S. The summed E-state index contributed by atoms with van der Waals surface area (Å²) >= 11 is 1.87. The van der Waals surface area contributed by atoms with Gasteiger partial charge in [0.1, 0.15) is 0 Å². The Hall–Kier alpha value is -0.480. The van der Waals surface area contributed by atoms with Crippen molar-refractivity contribution in [3.8, 4) is 0 Å². The first kappa shape index (κ1) is 11.6. The van der Waals surface area contributed by atoms with Gasteiger partial charge in [0.25, 0.3) is 0 Å². The number of aromatic nitrogens is 2. The summed E-state index contributed by atoms with van der Waals surface area (Å²) in [5.74, 6) is 1.15. The van der Waals surface area contributed by atoms with Gasteiger partial charge in [0.05, 0.1) is 5.69 Å². The predicted octanol–water partition coefficient (Wildman–Crippen LogP) is 1.87. The molecule has 0 aromatic carbocycles. The number of aromatic amines is 1. The fourth-order valence-corrected chi connectivity index (χ4v) is 2.04. The van der Waals surface area contributed by atoms with E-state index < -0.39 is 0 Å². The van der Waals surface area contributed by atoms with Crippen LogP contribution in [0.4, 0.5) is 0 Å². The minimum absolute atomic E-state index is 0.554. The number of nitrogens with one attached hydrogen (secondary N) is 2. The van der Waals surface area contributed by atoms with E-state index in [9.17, 15) is 0 Å². The largest absolute Gasteiger partial charge is 0.309 e. The van der Waals surface area contributed by atoms with Gasteiger partial charge in [0.15, 0.2) is 0 Å². The Balaban J connectivity index is 2.45. The van der Waals surface area contributed by atoms with Crippen LogP contribution in [-0.2, 0) is 6.54 Å². The molecule has 1 unspecified atom stereocenters. The van der Waals surface area contributed by atoms with Crippen molar-refractivity contribution in [1.29, 1.82) is 0 Å². The minimum Gasteiger partial charge on any atom is -0.309 e. The molecule has 0 saturated heterocycles. The highest BCUT2D eigenvalue weighted by Gasteiger charge is 2.07. The number of nitrogens with zero attached hydrogens (tertiary/aromatic N) is 1. The molecule has 0 aliphatic heterocycles. The van der Waals surface area contributed by atoms with Crippen molar-refractivity contribution in [3.05, 3.63) is 17.0 Å². The zero-order chi connectivity index (χ0) is 10.6. The molecule has 4 heteroatoms. The summed E-state index contributed by atoms with van der Waals surface area (Å²) in [6, 6.07) is 0.554. The van der Waals surface area contributed by atoms with Crippen LogP contribution in [0.25, 0.3) is 0 Å². The second kappa shape index (κ2) is 5.41. The molecule has 0 aliphatic carbocycles. The first-order valence-electron chi connectivity index (χ1n) is 4.88. The summed E-state index contributed by atoms with van der Waals surface area (Å²) in [6.07, 6.45) is 2.13. The maximum Gasteiger partial charge on any atom is 0.0638 e. The third-order valence-corrected chi connectivity index (χ3v) is 3.16. The highest BCUT2D eigenvalue weighted by Crippen LogP contribution is 2.09.